The molecule has 3 rings (SSSR count). The van der Waals surface area contributed by atoms with E-state index in [2.05, 4.69) is 20.8 Å². The Balaban J connectivity index is 1.71. The number of nitrogens with zero attached hydrogens (tertiary/aromatic N) is 2. The Hall–Kier alpha value is -3.74. The van der Waals surface area contributed by atoms with Crippen LogP contribution in [0.25, 0.3) is 0 Å². The summed E-state index contributed by atoms with van der Waals surface area (Å²) in [5.41, 5.74) is 4.51. The van der Waals surface area contributed by atoms with Crippen molar-refractivity contribution in [2.45, 2.75) is 13.8 Å². The van der Waals surface area contributed by atoms with Crippen LogP contribution in [0.15, 0.2) is 64.4 Å². The summed E-state index contributed by atoms with van der Waals surface area (Å²) >= 11 is 0. The number of carbonyl (C=O) groups excluding carboxylic acids is 2. The number of hydrogen-bond donors (Lipinski definition) is 2. The van der Waals surface area contributed by atoms with E-state index >= 15 is 0 Å². The Bertz CT molecular complexity index is 974. The first-order chi connectivity index (χ1) is 13.0. The van der Waals surface area contributed by atoms with E-state index in [1.807, 2.05) is 19.9 Å². The van der Waals surface area contributed by atoms with Gasteiger partial charge in [0.2, 0.25) is 0 Å². The van der Waals surface area contributed by atoms with Gasteiger partial charge in [0.15, 0.2) is 0 Å². The zero-order chi connectivity index (χ0) is 19.2. The summed E-state index contributed by atoms with van der Waals surface area (Å²) in [6.45, 7) is 3.78. The van der Waals surface area contributed by atoms with Gasteiger partial charge in [0.1, 0.15) is 11.5 Å². The maximum atomic E-state index is 12.4. The van der Waals surface area contributed by atoms with Crippen LogP contribution in [-0.4, -0.2) is 23.0 Å². The monoisotopic (exact) mass is 362 g/mol. The lowest BCUT2D eigenvalue weighted by Gasteiger charge is -2.09. The predicted molar refractivity (Wildman–Crippen MR) is 102 cm³/mol. The number of amides is 2. The van der Waals surface area contributed by atoms with E-state index in [4.69, 9.17) is 4.42 Å². The van der Waals surface area contributed by atoms with Crippen LogP contribution in [0.1, 0.15) is 37.8 Å². The highest BCUT2D eigenvalue weighted by Crippen LogP contribution is 2.16. The number of pyridine rings is 1. The topological polar surface area (TPSA) is 96.6 Å². The standard InChI is InChI=1S/C20H18N4O3/c1-13-10-16(27-14(13)2)12-22-24-20(26)17-7-3-4-8-18(17)23-19(25)15-6-5-9-21-11-15/h3-12H,1-2H3,(H,23,25)(H,24,26). The highest BCUT2D eigenvalue weighted by atomic mass is 16.3. The molecule has 2 heterocycles. The molecule has 2 aromatic heterocycles. The van der Waals surface area contributed by atoms with Crippen LogP contribution < -0.4 is 10.7 Å². The first kappa shape index (κ1) is 18.1. The molecule has 0 aliphatic carbocycles. The largest absolute Gasteiger partial charge is 0.460 e. The molecule has 7 nitrogen and oxygen atoms in total. The van der Waals surface area contributed by atoms with Crippen molar-refractivity contribution in [2.24, 2.45) is 5.10 Å². The quantitative estimate of drug-likeness (QED) is 0.537. The number of hydrogen-bond acceptors (Lipinski definition) is 5. The second-order valence-corrected chi connectivity index (χ2v) is 5.83. The van der Waals surface area contributed by atoms with Crippen molar-refractivity contribution in [3.8, 4) is 0 Å². The number of hydrazone groups is 1. The molecule has 0 radical (unpaired) electrons. The van der Waals surface area contributed by atoms with E-state index < -0.39 is 5.91 Å². The SMILES string of the molecule is Cc1cc(C=NNC(=O)c2ccccc2NC(=O)c2cccnc2)oc1C. The number of rotatable bonds is 5. The zero-order valence-corrected chi connectivity index (χ0v) is 14.9. The first-order valence-corrected chi connectivity index (χ1v) is 8.25. The Morgan fingerprint density at radius 2 is 1.93 bits per heavy atom. The van der Waals surface area contributed by atoms with Gasteiger partial charge in [-0.05, 0) is 49.7 Å². The van der Waals surface area contributed by atoms with Gasteiger partial charge in [-0.3, -0.25) is 14.6 Å². The summed E-state index contributed by atoms with van der Waals surface area (Å²) in [6, 6.07) is 11.8. The van der Waals surface area contributed by atoms with Gasteiger partial charge in [0, 0.05) is 12.4 Å². The summed E-state index contributed by atoms with van der Waals surface area (Å²) in [6.07, 6.45) is 4.46. The fraction of sp³-hybridized carbons (Fsp3) is 0.100. The molecule has 0 fully saturated rings. The molecule has 0 saturated carbocycles. The van der Waals surface area contributed by atoms with E-state index in [1.165, 1.54) is 12.4 Å². The van der Waals surface area contributed by atoms with Crippen LogP contribution in [0.3, 0.4) is 0 Å². The molecule has 3 aromatic rings. The molecule has 0 aliphatic rings. The number of nitrogens with one attached hydrogen (secondary N) is 2. The summed E-state index contributed by atoms with van der Waals surface area (Å²) in [7, 11) is 0. The van der Waals surface area contributed by atoms with Crippen LogP contribution in [-0.2, 0) is 0 Å². The molecule has 0 atom stereocenters. The molecular weight excluding hydrogens is 344 g/mol. The molecule has 0 bridgehead atoms. The molecule has 136 valence electrons. The van der Waals surface area contributed by atoms with Crippen molar-refractivity contribution in [1.29, 1.82) is 0 Å². The number of benzene rings is 1. The average molecular weight is 362 g/mol. The number of carbonyl (C=O) groups is 2. The third kappa shape index (κ3) is 4.46. The van der Waals surface area contributed by atoms with E-state index in [1.54, 1.807) is 42.6 Å². The van der Waals surface area contributed by atoms with Crippen molar-refractivity contribution in [1.82, 2.24) is 10.4 Å². The molecule has 0 aliphatic heterocycles. The Kier molecular flexibility index (Phi) is 5.41. The minimum Gasteiger partial charge on any atom is -0.460 e. The maximum absolute atomic E-state index is 12.4. The summed E-state index contributed by atoms with van der Waals surface area (Å²) < 4.78 is 5.46. The minimum absolute atomic E-state index is 0.290. The summed E-state index contributed by atoms with van der Waals surface area (Å²) in [4.78, 5) is 28.6. The molecule has 1 aromatic carbocycles. The molecule has 7 heteroatoms. The number of aryl methyl sites for hydroxylation is 2. The summed E-state index contributed by atoms with van der Waals surface area (Å²) in [5, 5.41) is 6.63. The average Bonchev–Trinajstić information content (AvgIpc) is 3.00. The zero-order valence-electron chi connectivity index (χ0n) is 14.9. The molecule has 2 amide bonds. The fourth-order valence-corrected chi connectivity index (χ4v) is 2.36. The van der Waals surface area contributed by atoms with E-state index in [0.29, 0.717) is 22.6 Å². The molecule has 2 N–H and O–H groups in total. The van der Waals surface area contributed by atoms with E-state index in [9.17, 15) is 9.59 Å². The molecule has 0 saturated heterocycles. The van der Waals surface area contributed by atoms with Gasteiger partial charge in [-0.1, -0.05) is 12.1 Å². The lowest BCUT2D eigenvalue weighted by molar-refractivity contribution is 0.0956. The third-order valence-electron chi connectivity index (χ3n) is 3.89. The van der Waals surface area contributed by atoms with Gasteiger partial charge in [-0.15, -0.1) is 0 Å². The maximum Gasteiger partial charge on any atom is 0.273 e. The number of furan rings is 1. The highest BCUT2D eigenvalue weighted by molar-refractivity contribution is 6.08. The van der Waals surface area contributed by atoms with Gasteiger partial charge in [-0.25, -0.2) is 5.43 Å². The Morgan fingerprint density at radius 1 is 1.11 bits per heavy atom. The highest BCUT2D eigenvalue weighted by Gasteiger charge is 2.13. The van der Waals surface area contributed by atoms with Gasteiger partial charge < -0.3 is 9.73 Å². The van der Waals surface area contributed by atoms with Crippen LogP contribution in [0.4, 0.5) is 5.69 Å². The van der Waals surface area contributed by atoms with Crippen molar-refractivity contribution >= 4 is 23.7 Å². The van der Waals surface area contributed by atoms with Gasteiger partial charge in [-0.2, -0.15) is 5.10 Å². The Labute approximate surface area is 156 Å². The lowest BCUT2D eigenvalue weighted by Crippen LogP contribution is -2.21. The number of anilines is 1. The summed E-state index contributed by atoms with van der Waals surface area (Å²) in [5.74, 6) is 0.538. The van der Waals surface area contributed by atoms with Crippen molar-refractivity contribution in [3.63, 3.8) is 0 Å². The number of para-hydroxylation sites is 1. The van der Waals surface area contributed by atoms with E-state index in [0.717, 1.165) is 11.3 Å². The molecule has 27 heavy (non-hydrogen) atoms. The van der Waals surface area contributed by atoms with Gasteiger partial charge in [0.05, 0.1) is 23.0 Å². The lowest BCUT2D eigenvalue weighted by atomic mass is 10.1. The normalized spacial score (nSPS) is 10.7. The van der Waals surface area contributed by atoms with Gasteiger partial charge in [0.25, 0.3) is 11.8 Å². The van der Waals surface area contributed by atoms with Gasteiger partial charge >= 0.3 is 0 Å². The second-order valence-electron chi connectivity index (χ2n) is 5.83. The smallest absolute Gasteiger partial charge is 0.273 e. The fourth-order valence-electron chi connectivity index (χ4n) is 2.36. The van der Waals surface area contributed by atoms with Crippen LogP contribution in [0.2, 0.25) is 0 Å². The van der Waals surface area contributed by atoms with Crippen LogP contribution in [0, 0.1) is 13.8 Å². The van der Waals surface area contributed by atoms with Crippen LogP contribution in [0.5, 0.6) is 0 Å². The minimum atomic E-state index is -0.451. The van der Waals surface area contributed by atoms with Crippen molar-refractivity contribution < 1.29 is 14.0 Å². The van der Waals surface area contributed by atoms with Crippen LogP contribution >= 0.6 is 0 Å². The number of aromatic nitrogens is 1. The second kappa shape index (κ2) is 8.09. The van der Waals surface area contributed by atoms with Crippen molar-refractivity contribution in [3.05, 3.63) is 83.1 Å². The molecule has 0 spiro atoms. The first-order valence-electron chi connectivity index (χ1n) is 8.25. The van der Waals surface area contributed by atoms with E-state index in [-0.39, 0.29) is 5.91 Å². The van der Waals surface area contributed by atoms with Crippen molar-refractivity contribution in [2.75, 3.05) is 5.32 Å². The predicted octanol–water partition coefficient (Wildman–Crippen LogP) is 3.31. The third-order valence-corrected chi connectivity index (χ3v) is 3.89. The Morgan fingerprint density at radius 3 is 2.63 bits per heavy atom. The molecule has 0 unspecified atom stereocenters. The molecular formula is C20H18N4O3.